The van der Waals surface area contributed by atoms with Gasteiger partial charge in [-0.1, -0.05) is 0 Å². The van der Waals surface area contributed by atoms with Crippen LogP contribution in [0.1, 0.15) is 16.1 Å². The smallest absolute Gasteiger partial charge is 0.422 e. The highest BCUT2D eigenvalue weighted by Gasteiger charge is 2.30. The van der Waals surface area contributed by atoms with E-state index in [9.17, 15) is 22.4 Å². The number of aromatic nitrogens is 1. The van der Waals surface area contributed by atoms with Gasteiger partial charge in [0.2, 0.25) is 5.78 Å². The molecule has 1 heterocycles. The minimum absolute atomic E-state index is 0.0335. The van der Waals surface area contributed by atoms with Crippen molar-refractivity contribution in [2.24, 2.45) is 0 Å². The first-order valence-electron chi connectivity index (χ1n) is 5.86. The van der Waals surface area contributed by atoms with Crippen LogP contribution in [0.4, 0.5) is 17.6 Å². The Bertz CT molecular complexity index is 758. The quantitative estimate of drug-likeness (QED) is 0.418. The van der Waals surface area contributed by atoms with Gasteiger partial charge >= 0.3 is 6.18 Å². The molecular weight excluding hydrogens is 518 g/mol. The summed E-state index contributed by atoms with van der Waals surface area (Å²) in [6, 6.07) is 2.72. The van der Waals surface area contributed by atoms with Crippen molar-refractivity contribution in [1.29, 1.82) is 0 Å². The number of nitrogens with one attached hydrogen (secondary N) is 1. The molecule has 0 unspecified atom stereocenters. The zero-order valence-electron chi connectivity index (χ0n) is 10.9. The second kappa shape index (κ2) is 6.94. The van der Waals surface area contributed by atoms with Gasteiger partial charge in [-0.25, -0.2) is 4.39 Å². The Hall–Kier alpha value is -0.870. The molecular formula is C13H6Br3F4NO2. The van der Waals surface area contributed by atoms with E-state index in [1.54, 1.807) is 0 Å². The van der Waals surface area contributed by atoms with Crippen LogP contribution in [0.25, 0.3) is 0 Å². The molecule has 0 spiro atoms. The fourth-order valence-corrected chi connectivity index (χ4v) is 3.12. The fourth-order valence-electron chi connectivity index (χ4n) is 1.68. The van der Waals surface area contributed by atoms with Gasteiger partial charge in [-0.3, -0.25) is 4.79 Å². The fraction of sp³-hybridized carbons (Fsp3) is 0.154. The first-order chi connectivity index (χ1) is 10.6. The van der Waals surface area contributed by atoms with Crippen LogP contribution < -0.4 is 4.74 Å². The van der Waals surface area contributed by atoms with E-state index >= 15 is 0 Å². The number of ketones is 1. The summed E-state index contributed by atoms with van der Waals surface area (Å²) in [5.41, 5.74) is -0.289. The van der Waals surface area contributed by atoms with E-state index in [0.717, 1.165) is 18.2 Å². The molecule has 1 N–H and O–H groups in total. The third kappa shape index (κ3) is 4.36. The van der Waals surface area contributed by atoms with Crippen LogP contribution in [-0.2, 0) is 0 Å². The van der Waals surface area contributed by atoms with Gasteiger partial charge in [0.05, 0.1) is 19.1 Å². The summed E-state index contributed by atoms with van der Waals surface area (Å²) in [6.45, 7) is -1.59. The maximum atomic E-state index is 13.4. The van der Waals surface area contributed by atoms with Crippen molar-refractivity contribution in [2.75, 3.05) is 6.61 Å². The predicted octanol–water partition coefficient (Wildman–Crippen LogP) is 5.61. The summed E-state index contributed by atoms with van der Waals surface area (Å²) in [6.07, 6.45) is -4.58. The summed E-state index contributed by atoms with van der Waals surface area (Å²) in [4.78, 5) is 15.2. The SMILES string of the molecule is O=C(c1cc(F)ccc1OCC(F)(F)F)c1[nH]c(Br)c(Br)c1Br. The Morgan fingerprint density at radius 1 is 1.17 bits per heavy atom. The van der Waals surface area contributed by atoms with Crippen LogP contribution >= 0.6 is 47.8 Å². The average Bonchev–Trinajstić information content (AvgIpc) is 2.72. The third-order valence-electron chi connectivity index (χ3n) is 2.64. The minimum atomic E-state index is -4.58. The Morgan fingerprint density at radius 2 is 1.83 bits per heavy atom. The number of rotatable bonds is 4. The maximum absolute atomic E-state index is 13.4. The molecule has 23 heavy (non-hydrogen) atoms. The van der Waals surface area contributed by atoms with E-state index < -0.39 is 24.4 Å². The van der Waals surface area contributed by atoms with Gasteiger partial charge in [0.1, 0.15) is 17.3 Å². The molecule has 0 aliphatic carbocycles. The number of alkyl halides is 3. The van der Waals surface area contributed by atoms with E-state index in [2.05, 4.69) is 57.5 Å². The molecule has 0 aliphatic heterocycles. The van der Waals surface area contributed by atoms with Crippen molar-refractivity contribution in [3.8, 4) is 5.75 Å². The molecule has 0 amide bonds. The molecule has 0 atom stereocenters. The van der Waals surface area contributed by atoms with E-state index in [0.29, 0.717) is 13.5 Å². The lowest BCUT2D eigenvalue weighted by Gasteiger charge is -2.12. The topological polar surface area (TPSA) is 42.1 Å². The summed E-state index contributed by atoms with van der Waals surface area (Å²) in [5.74, 6) is -1.85. The third-order valence-corrected chi connectivity index (χ3v) is 5.89. The van der Waals surface area contributed by atoms with Gasteiger partial charge in [0.25, 0.3) is 0 Å². The first-order valence-corrected chi connectivity index (χ1v) is 8.24. The van der Waals surface area contributed by atoms with Crippen LogP contribution in [-0.4, -0.2) is 23.6 Å². The van der Waals surface area contributed by atoms with Gasteiger partial charge in [0.15, 0.2) is 6.61 Å². The van der Waals surface area contributed by atoms with Crippen LogP contribution in [0.3, 0.4) is 0 Å². The molecule has 1 aromatic carbocycles. The lowest BCUT2D eigenvalue weighted by Crippen LogP contribution is -2.20. The molecule has 3 nitrogen and oxygen atoms in total. The van der Waals surface area contributed by atoms with Crippen molar-refractivity contribution in [1.82, 2.24) is 4.98 Å². The lowest BCUT2D eigenvalue weighted by atomic mass is 10.1. The second-order valence-electron chi connectivity index (χ2n) is 4.32. The number of H-pyrrole nitrogens is 1. The molecule has 0 bridgehead atoms. The molecule has 1 aromatic heterocycles. The van der Waals surface area contributed by atoms with Crippen LogP contribution in [0.5, 0.6) is 5.75 Å². The summed E-state index contributed by atoms with van der Waals surface area (Å²) in [5, 5.41) is 0. The van der Waals surface area contributed by atoms with Crippen molar-refractivity contribution >= 4 is 53.6 Å². The number of halogens is 7. The molecule has 0 radical (unpaired) electrons. The highest BCUT2D eigenvalue weighted by molar-refractivity contribution is 9.14. The van der Waals surface area contributed by atoms with Crippen molar-refractivity contribution < 1.29 is 27.1 Å². The van der Waals surface area contributed by atoms with Gasteiger partial charge < -0.3 is 9.72 Å². The van der Waals surface area contributed by atoms with Crippen molar-refractivity contribution in [3.05, 3.63) is 48.8 Å². The van der Waals surface area contributed by atoms with E-state index in [1.807, 2.05) is 0 Å². The normalized spacial score (nSPS) is 11.6. The second-order valence-corrected chi connectivity index (χ2v) is 6.69. The highest BCUT2D eigenvalue weighted by atomic mass is 79.9. The number of hydrogen-bond donors (Lipinski definition) is 1. The summed E-state index contributed by atoms with van der Waals surface area (Å²) < 4.78 is 56.2. The number of carbonyl (C=O) groups excluding carboxylic acids is 1. The number of benzene rings is 1. The summed E-state index contributed by atoms with van der Waals surface area (Å²) >= 11 is 9.53. The Balaban J connectivity index is 2.42. The van der Waals surface area contributed by atoms with Gasteiger partial charge in [-0.2, -0.15) is 13.2 Å². The molecule has 124 valence electrons. The largest absolute Gasteiger partial charge is 0.483 e. The van der Waals surface area contributed by atoms with Gasteiger partial charge in [-0.05, 0) is 66.0 Å². The Kier molecular flexibility index (Phi) is 5.57. The van der Waals surface area contributed by atoms with Crippen LogP contribution in [0.2, 0.25) is 0 Å². The van der Waals surface area contributed by atoms with E-state index in [-0.39, 0.29) is 17.0 Å². The molecule has 0 saturated heterocycles. The monoisotopic (exact) mass is 521 g/mol. The Morgan fingerprint density at radius 3 is 2.35 bits per heavy atom. The summed E-state index contributed by atoms with van der Waals surface area (Å²) in [7, 11) is 0. The van der Waals surface area contributed by atoms with Crippen molar-refractivity contribution in [3.63, 3.8) is 0 Å². The van der Waals surface area contributed by atoms with Gasteiger partial charge in [0, 0.05) is 0 Å². The average molecular weight is 524 g/mol. The zero-order valence-corrected chi connectivity index (χ0v) is 15.7. The van der Waals surface area contributed by atoms with Gasteiger partial charge in [-0.15, -0.1) is 0 Å². The Labute approximate surface area is 152 Å². The van der Waals surface area contributed by atoms with Crippen LogP contribution in [0, 0.1) is 5.82 Å². The number of hydrogen-bond acceptors (Lipinski definition) is 2. The number of carbonyl (C=O) groups is 1. The lowest BCUT2D eigenvalue weighted by molar-refractivity contribution is -0.153. The molecule has 0 fully saturated rings. The minimum Gasteiger partial charge on any atom is -0.483 e. The first kappa shape index (κ1) is 18.5. The molecule has 2 rings (SSSR count). The molecule has 0 aliphatic rings. The highest BCUT2D eigenvalue weighted by Crippen LogP contribution is 2.36. The molecule has 10 heteroatoms. The van der Waals surface area contributed by atoms with Crippen LogP contribution in [0.15, 0.2) is 31.7 Å². The predicted molar refractivity (Wildman–Crippen MR) is 85.3 cm³/mol. The molecule has 0 saturated carbocycles. The zero-order chi connectivity index (χ0) is 17.4. The van der Waals surface area contributed by atoms with E-state index in [4.69, 9.17) is 0 Å². The number of ether oxygens (including phenoxy) is 1. The van der Waals surface area contributed by atoms with E-state index in [1.165, 1.54) is 0 Å². The van der Waals surface area contributed by atoms with Crippen molar-refractivity contribution in [2.45, 2.75) is 6.18 Å². The molecule has 2 aromatic rings. The standard InChI is InChI=1S/C13H6Br3F4NO2/c14-8-9(15)12(16)21-10(8)11(22)6-3-5(17)1-2-7(6)23-4-13(18,19)20/h1-3,21H,4H2. The number of aromatic amines is 1. The maximum Gasteiger partial charge on any atom is 0.422 e.